The van der Waals surface area contributed by atoms with E-state index in [0.717, 1.165) is 12.0 Å². The quantitative estimate of drug-likeness (QED) is 0.310. The smallest absolute Gasteiger partial charge is 0.277 e. The molecule has 0 aliphatic carbocycles. The summed E-state index contributed by atoms with van der Waals surface area (Å²) < 4.78 is 16.6. The van der Waals surface area contributed by atoms with Crippen LogP contribution in [0.15, 0.2) is 77.9 Å². The SMILES string of the molecule is CCCOc1ccc(C=NNC(=O)COc2ccc(C(C)(C)c3ccccc3)cc2)cc1OC. The van der Waals surface area contributed by atoms with E-state index in [1.807, 2.05) is 61.5 Å². The topological polar surface area (TPSA) is 69.2 Å². The molecule has 0 aromatic heterocycles. The molecule has 0 saturated carbocycles. The Morgan fingerprint density at radius 1 is 0.941 bits per heavy atom. The van der Waals surface area contributed by atoms with E-state index in [0.29, 0.717) is 23.9 Å². The van der Waals surface area contributed by atoms with Crippen LogP contribution in [0.5, 0.6) is 17.2 Å². The van der Waals surface area contributed by atoms with Crippen molar-refractivity contribution in [3.8, 4) is 17.2 Å². The molecule has 3 aromatic rings. The molecule has 3 aromatic carbocycles. The lowest BCUT2D eigenvalue weighted by molar-refractivity contribution is -0.123. The molecule has 0 radical (unpaired) electrons. The number of methoxy groups -OCH3 is 1. The van der Waals surface area contributed by atoms with Crippen LogP contribution in [-0.4, -0.2) is 32.4 Å². The summed E-state index contributed by atoms with van der Waals surface area (Å²) in [5.41, 5.74) is 5.53. The average molecular weight is 461 g/mol. The second kappa shape index (κ2) is 11.9. The van der Waals surface area contributed by atoms with Crippen molar-refractivity contribution in [3.63, 3.8) is 0 Å². The molecular formula is C28H32N2O4. The summed E-state index contributed by atoms with van der Waals surface area (Å²) in [6.07, 6.45) is 2.46. The molecule has 1 amide bonds. The first-order chi connectivity index (χ1) is 16.4. The van der Waals surface area contributed by atoms with Gasteiger partial charge in [-0.15, -0.1) is 0 Å². The Morgan fingerprint density at radius 2 is 1.65 bits per heavy atom. The van der Waals surface area contributed by atoms with E-state index in [1.54, 1.807) is 19.4 Å². The zero-order valence-electron chi connectivity index (χ0n) is 20.2. The number of nitrogens with zero attached hydrogens (tertiary/aromatic N) is 1. The van der Waals surface area contributed by atoms with Crippen LogP contribution in [0.25, 0.3) is 0 Å². The number of hydrogen-bond acceptors (Lipinski definition) is 5. The maximum Gasteiger partial charge on any atom is 0.277 e. The number of carbonyl (C=O) groups is 1. The van der Waals surface area contributed by atoms with E-state index in [2.05, 4.69) is 36.5 Å². The summed E-state index contributed by atoms with van der Waals surface area (Å²) >= 11 is 0. The van der Waals surface area contributed by atoms with Crippen molar-refractivity contribution < 1.29 is 19.0 Å². The van der Waals surface area contributed by atoms with Crippen molar-refractivity contribution in [2.45, 2.75) is 32.6 Å². The van der Waals surface area contributed by atoms with Crippen molar-refractivity contribution in [1.82, 2.24) is 5.43 Å². The molecule has 0 aliphatic rings. The van der Waals surface area contributed by atoms with Gasteiger partial charge in [-0.25, -0.2) is 5.43 Å². The van der Waals surface area contributed by atoms with Crippen molar-refractivity contribution in [1.29, 1.82) is 0 Å². The number of benzene rings is 3. The van der Waals surface area contributed by atoms with E-state index in [-0.39, 0.29) is 17.9 Å². The standard InChI is InChI=1S/C28H32N2O4/c1-5-17-33-25-16-11-21(18-26(25)32-4)19-29-30-27(31)20-34-24-14-12-23(13-15-24)28(2,3)22-9-7-6-8-10-22/h6-16,18-19H,5,17,20H2,1-4H3,(H,30,31). The molecule has 3 rings (SSSR count). The summed E-state index contributed by atoms with van der Waals surface area (Å²) in [4.78, 5) is 12.1. The third-order valence-electron chi connectivity index (χ3n) is 5.49. The molecule has 34 heavy (non-hydrogen) atoms. The second-order valence-corrected chi connectivity index (χ2v) is 8.36. The van der Waals surface area contributed by atoms with Gasteiger partial charge in [0.25, 0.3) is 5.91 Å². The van der Waals surface area contributed by atoms with Gasteiger partial charge < -0.3 is 14.2 Å². The molecule has 6 nitrogen and oxygen atoms in total. The van der Waals surface area contributed by atoms with Crippen LogP contribution in [0.3, 0.4) is 0 Å². The second-order valence-electron chi connectivity index (χ2n) is 8.36. The molecular weight excluding hydrogens is 428 g/mol. The normalized spacial score (nSPS) is 11.3. The Balaban J connectivity index is 1.51. The molecule has 178 valence electrons. The first kappa shape index (κ1) is 24.8. The van der Waals surface area contributed by atoms with Crippen LogP contribution in [0.1, 0.15) is 43.9 Å². The molecule has 0 saturated heterocycles. The van der Waals surface area contributed by atoms with Crippen LogP contribution in [0.2, 0.25) is 0 Å². The van der Waals surface area contributed by atoms with Crippen LogP contribution in [-0.2, 0) is 10.2 Å². The van der Waals surface area contributed by atoms with E-state index >= 15 is 0 Å². The number of nitrogens with one attached hydrogen (secondary N) is 1. The third kappa shape index (κ3) is 6.61. The zero-order valence-corrected chi connectivity index (χ0v) is 20.2. The fourth-order valence-corrected chi connectivity index (χ4v) is 3.45. The maximum atomic E-state index is 12.1. The Labute approximate surface area is 201 Å². The fourth-order valence-electron chi connectivity index (χ4n) is 3.45. The van der Waals surface area contributed by atoms with Crippen LogP contribution in [0, 0.1) is 0 Å². The Bertz CT molecular complexity index is 1090. The van der Waals surface area contributed by atoms with Gasteiger partial charge in [-0.1, -0.05) is 63.2 Å². The summed E-state index contributed by atoms with van der Waals surface area (Å²) in [5.74, 6) is 1.57. The van der Waals surface area contributed by atoms with Gasteiger partial charge >= 0.3 is 0 Å². The van der Waals surface area contributed by atoms with Gasteiger partial charge in [0.15, 0.2) is 18.1 Å². The number of rotatable bonds is 11. The Morgan fingerprint density at radius 3 is 2.32 bits per heavy atom. The monoisotopic (exact) mass is 460 g/mol. The molecule has 0 spiro atoms. The van der Waals surface area contributed by atoms with E-state index in [1.165, 1.54) is 11.1 Å². The predicted octanol–water partition coefficient (Wildman–Crippen LogP) is 5.34. The first-order valence-electron chi connectivity index (χ1n) is 11.4. The van der Waals surface area contributed by atoms with Gasteiger partial charge in [-0.05, 0) is 53.4 Å². The number of amides is 1. The lowest BCUT2D eigenvalue weighted by Gasteiger charge is -2.26. The minimum Gasteiger partial charge on any atom is -0.493 e. The van der Waals surface area contributed by atoms with Gasteiger partial charge in [0.1, 0.15) is 5.75 Å². The molecule has 6 heteroatoms. The molecule has 0 unspecified atom stereocenters. The van der Waals surface area contributed by atoms with E-state index < -0.39 is 0 Å². The highest BCUT2D eigenvalue weighted by molar-refractivity contribution is 5.83. The van der Waals surface area contributed by atoms with Crippen molar-refractivity contribution in [2.75, 3.05) is 20.3 Å². The van der Waals surface area contributed by atoms with Gasteiger partial charge in [0.05, 0.1) is 19.9 Å². The van der Waals surface area contributed by atoms with Crippen LogP contribution in [0.4, 0.5) is 0 Å². The summed E-state index contributed by atoms with van der Waals surface area (Å²) in [5, 5.41) is 4.00. The fraction of sp³-hybridized carbons (Fsp3) is 0.286. The number of ether oxygens (including phenoxy) is 3. The van der Waals surface area contributed by atoms with E-state index in [9.17, 15) is 4.79 Å². The van der Waals surface area contributed by atoms with Crippen molar-refractivity contribution >= 4 is 12.1 Å². The van der Waals surface area contributed by atoms with Gasteiger partial charge in [0, 0.05) is 5.41 Å². The van der Waals surface area contributed by atoms with Gasteiger partial charge in [-0.2, -0.15) is 5.10 Å². The molecule has 0 aliphatic heterocycles. The number of carbonyl (C=O) groups excluding carboxylic acids is 1. The zero-order chi connectivity index (χ0) is 24.4. The molecule has 0 bridgehead atoms. The largest absolute Gasteiger partial charge is 0.493 e. The van der Waals surface area contributed by atoms with Crippen LogP contribution < -0.4 is 19.6 Å². The highest BCUT2D eigenvalue weighted by Crippen LogP contribution is 2.32. The Hall–Kier alpha value is -3.80. The molecule has 0 heterocycles. The van der Waals surface area contributed by atoms with Crippen LogP contribution >= 0.6 is 0 Å². The first-order valence-corrected chi connectivity index (χ1v) is 11.4. The summed E-state index contributed by atoms with van der Waals surface area (Å²) in [6.45, 7) is 6.90. The maximum absolute atomic E-state index is 12.1. The molecule has 1 N–H and O–H groups in total. The minimum atomic E-state index is -0.347. The highest BCUT2D eigenvalue weighted by atomic mass is 16.5. The number of hydrogen-bond donors (Lipinski definition) is 1. The lowest BCUT2D eigenvalue weighted by Crippen LogP contribution is -2.24. The summed E-state index contributed by atoms with van der Waals surface area (Å²) in [7, 11) is 1.59. The number of hydrazone groups is 1. The van der Waals surface area contributed by atoms with E-state index in [4.69, 9.17) is 14.2 Å². The van der Waals surface area contributed by atoms with Crippen molar-refractivity contribution in [2.24, 2.45) is 5.10 Å². The van der Waals surface area contributed by atoms with Gasteiger partial charge in [0.2, 0.25) is 0 Å². The predicted molar refractivity (Wildman–Crippen MR) is 135 cm³/mol. The van der Waals surface area contributed by atoms with Crippen molar-refractivity contribution in [3.05, 3.63) is 89.5 Å². The average Bonchev–Trinajstić information content (AvgIpc) is 2.87. The third-order valence-corrected chi connectivity index (χ3v) is 5.49. The molecule has 0 atom stereocenters. The molecule has 0 fully saturated rings. The highest BCUT2D eigenvalue weighted by Gasteiger charge is 2.22. The minimum absolute atomic E-state index is 0.130. The lowest BCUT2D eigenvalue weighted by atomic mass is 9.78. The Kier molecular flexibility index (Phi) is 8.68. The van der Waals surface area contributed by atoms with Gasteiger partial charge in [-0.3, -0.25) is 4.79 Å². The summed E-state index contributed by atoms with van der Waals surface area (Å²) in [6, 6.07) is 23.6.